The number of nitrogens with two attached hydrogens (primary N) is 1. The molecule has 0 unspecified atom stereocenters. The molecule has 0 saturated heterocycles. The van der Waals surface area contributed by atoms with E-state index in [4.69, 9.17) is 5.73 Å². The summed E-state index contributed by atoms with van der Waals surface area (Å²) in [7, 11) is 0. The molecule has 0 aliphatic rings. The molecule has 0 aromatic heterocycles. The van der Waals surface area contributed by atoms with Crippen molar-refractivity contribution in [2.45, 2.75) is 19.9 Å². The Balaban J connectivity index is 2.08. The standard InChI is InChI=1S/C16H17FN2O/c1-11-5-6-13(10-18)8-15(11)19-16(20)9-12-3-2-4-14(17)7-12/h2-8H,9-10,18H2,1H3,(H,19,20). The highest BCUT2D eigenvalue weighted by molar-refractivity contribution is 5.93. The lowest BCUT2D eigenvalue weighted by molar-refractivity contribution is -0.115. The fourth-order valence-electron chi connectivity index (χ4n) is 1.96. The van der Waals surface area contributed by atoms with Crippen LogP contribution in [0.25, 0.3) is 0 Å². The topological polar surface area (TPSA) is 55.1 Å². The Morgan fingerprint density at radius 2 is 2.00 bits per heavy atom. The summed E-state index contributed by atoms with van der Waals surface area (Å²) in [5.74, 6) is -0.510. The number of amides is 1. The normalized spacial score (nSPS) is 10.3. The summed E-state index contributed by atoms with van der Waals surface area (Å²) in [5.41, 5.74) is 8.90. The molecule has 0 radical (unpaired) electrons. The first-order valence-electron chi connectivity index (χ1n) is 6.42. The molecule has 20 heavy (non-hydrogen) atoms. The molecule has 0 bridgehead atoms. The molecule has 2 rings (SSSR count). The van der Waals surface area contributed by atoms with Gasteiger partial charge in [0.15, 0.2) is 0 Å². The Morgan fingerprint density at radius 3 is 2.70 bits per heavy atom. The van der Waals surface area contributed by atoms with E-state index in [1.165, 1.54) is 12.1 Å². The number of halogens is 1. The molecule has 0 saturated carbocycles. The minimum absolute atomic E-state index is 0.143. The molecule has 0 fully saturated rings. The second-order valence-corrected chi connectivity index (χ2v) is 4.71. The van der Waals surface area contributed by atoms with E-state index in [0.29, 0.717) is 12.1 Å². The zero-order valence-electron chi connectivity index (χ0n) is 11.3. The van der Waals surface area contributed by atoms with E-state index in [9.17, 15) is 9.18 Å². The second-order valence-electron chi connectivity index (χ2n) is 4.71. The van der Waals surface area contributed by atoms with Gasteiger partial charge in [-0.15, -0.1) is 0 Å². The van der Waals surface area contributed by atoms with Crippen LogP contribution in [0.4, 0.5) is 10.1 Å². The van der Waals surface area contributed by atoms with Gasteiger partial charge in [0.1, 0.15) is 5.82 Å². The number of anilines is 1. The monoisotopic (exact) mass is 272 g/mol. The Bertz CT molecular complexity index is 626. The molecule has 4 heteroatoms. The molecule has 1 amide bonds. The van der Waals surface area contributed by atoms with Crippen molar-refractivity contribution in [3.63, 3.8) is 0 Å². The van der Waals surface area contributed by atoms with E-state index >= 15 is 0 Å². The van der Waals surface area contributed by atoms with Crippen molar-refractivity contribution >= 4 is 11.6 Å². The zero-order chi connectivity index (χ0) is 14.5. The van der Waals surface area contributed by atoms with E-state index in [0.717, 1.165) is 16.8 Å². The molecule has 2 aromatic carbocycles. The molecule has 0 atom stereocenters. The quantitative estimate of drug-likeness (QED) is 0.899. The summed E-state index contributed by atoms with van der Waals surface area (Å²) >= 11 is 0. The van der Waals surface area contributed by atoms with Crippen LogP contribution < -0.4 is 11.1 Å². The maximum Gasteiger partial charge on any atom is 0.228 e. The van der Waals surface area contributed by atoms with Gasteiger partial charge in [-0.05, 0) is 41.8 Å². The molecule has 2 aromatic rings. The first-order valence-corrected chi connectivity index (χ1v) is 6.42. The van der Waals surface area contributed by atoms with Crippen molar-refractivity contribution in [1.29, 1.82) is 0 Å². The van der Waals surface area contributed by atoms with Gasteiger partial charge in [-0.3, -0.25) is 4.79 Å². The first kappa shape index (κ1) is 14.2. The summed E-state index contributed by atoms with van der Waals surface area (Å²) in [6, 6.07) is 11.7. The van der Waals surface area contributed by atoms with Crippen LogP contribution in [-0.4, -0.2) is 5.91 Å². The van der Waals surface area contributed by atoms with Gasteiger partial charge in [-0.25, -0.2) is 4.39 Å². The molecule has 3 N–H and O–H groups in total. The van der Waals surface area contributed by atoms with Gasteiger partial charge in [0.25, 0.3) is 0 Å². The Kier molecular flexibility index (Phi) is 4.48. The van der Waals surface area contributed by atoms with Gasteiger partial charge in [-0.1, -0.05) is 24.3 Å². The van der Waals surface area contributed by atoms with Crippen LogP contribution in [0.1, 0.15) is 16.7 Å². The minimum Gasteiger partial charge on any atom is -0.326 e. The summed E-state index contributed by atoms with van der Waals surface area (Å²) in [6.07, 6.45) is 0.143. The molecule has 104 valence electrons. The van der Waals surface area contributed by atoms with Crippen LogP contribution in [-0.2, 0) is 17.8 Å². The van der Waals surface area contributed by atoms with Gasteiger partial charge in [0.2, 0.25) is 5.91 Å². The third-order valence-corrected chi connectivity index (χ3v) is 3.07. The van der Waals surface area contributed by atoms with Crippen LogP contribution in [0, 0.1) is 12.7 Å². The molecule has 3 nitrogen and oxygen atoms in total. The molecule has 0 heterocycles. The summed E-state index contributed by atoms with van der Waals surface area (Å²) in [5, 5.41) is 2.84. The van der Waals surface area contributed by atoms with Crippen LogP contribution >= 0.6 is 0 Å². The summed E-state index contributed by atoms with van der Waals surface area (Å²) < 4.78 is 13.1. The van der Waals surface area contributed by atoms with Crippen molar-refractivity contribution < 1.29 is 9.18 Å². The smallest absolute Gasteiger partial charge is 0.228 e. The number of nitrogens with one attached hydrogen (secondary N) is 1. The Labute approximate surface area is 117 Å². The largest absolute Gasteiger partial charge is 0.326 e. The maximum atomic E-state index is 13.1. The van der Waals surface area contributed by atoms with Crippen LogP contribution in [0.5, 0.6) is 0 Å². The highest BCUT2D eigenvalue weighted by Crippen LogP contribution is 2.17. The highest BCUT2D eigenvalue weighted by atomic mass is 19.1. The molecule has 0 spiro atoms. The van der Waals surface area contributed by atoms with Crippen molar-refractivity contribution in [3.8, 4) is 0 Å². The third-order valence-electron chi connectivity index (χ3n) is 3.07. The van der Waals surface area contributed by atoms with Crippen LogP contribution in [0.15, 0.2) is 42.5 Å². The zero-order valence-corrected chi connectivity index (χ0v) is 11.3. The lowest BCUT2D eigenvalue weighted by Crippen LogP contribution is -2.15. The number of hydrogen-bond donors (Lipinski definition) is 2. The predicted octanol–water partition coefficient (Wildman–Crippen LogP) is 2.77. The van der Waals surface area contributed by atoms with E-state index in [2.05, 4.69) is 5.32 Å². The number of carbonyl (C=O) groups excluding carboxylic acids is 1. The number of aryl methyl sites for hydroxylation is 1. The van der Waals surface area contributed by atoms with Gasteiger partial charge in [0, 0.05) is 12.2 Å². The van der Waals surface area contributed by atoms with Crippen LogP contribution in [0.3, 0.4) is 0 Å². The minimum atomic E-state index is -0.336. The van der Waals surface area contributed by atoms with Crippen molar-refractivity contribution in [2.24, 2.45) is 5.73 Å². The molecular formula is C16H17FN2O. The SMILES string of the molecule is Cc1ccc(CN)cc1NC(=O)Cc1cccc(F)c1. The van der Waals surface area contributed by atoms with E-state index in [1.807, 2.05) is 25.1 Å². The number of carbonyl (C=O) groups is 1. The Morgan fingerprint density at radius 1 is 1.20 bits per heavy atom. The van der Waals surface area contributed by atoms with Gasteiger partial charge >= 0.3 is 0 Å². The maximum absolute atomic E-state index is 13.1. The molecule has 0 aliphatic carbocycles. The van der Waals surface area contributed by atoms with Crippen LogP contribution in [0.2, 0.25) is 0 Å². The lowest BCUT2D eigenvalue weighted by Gasteiger charge is -2.10. The fraction of sp³-hybridized carbons (Fsp3) is 0.188. The molecule has 0 aliphatic heterocycles. The third kappa shape index (κ3) is 3.65. The van der Waals surface area contributed by atoms with E-state index < -0.39 is 0 Å². The van der Waals surface area contributed by atoms with Crippen molar-refractivity contribution in [3.05, 3.63) is 65.0 Å². The first-order chi connectivity index (χ1) is 9.58. The average Bonchev–Trinajstić information content (AvgIpc) is 2.41. The number of benzene rings is 2. The van der Waals surface area contributed by atoms with Crippen molar-refractivity contribution in [2.75, 3.05) is 5.32 Å². The second kappa shape index (κ2) is 6.30. The van der Waals surface area contributed by atoms with Crippen molar-refractivity contribution in [1.82, 2.24) is 0 Å². The number of hydrogen-bond acceptors (Lipinski definition) is 2. The molecular weight excluding hydrogens is 255 g/mol. The predicted molar refractivity (Wildman–Crippen MR) is 77.8 cm³/mol. The number of rotatable bonds is 4. The van der Waals surface area contributed by atoms with E-state index in [1.54, 1.807) is 12.1 Å². The summed E-state index contributed by atoms with van der Waals surface area (Å²) in [4.78, 5) is 12.0. The summed E-state index contributed by atoms with van der Waals surface area (Å²) in [6.45, 7) is 2.34. The van der Waals surface area contributed by atoms with E-state index in [-0.39, 0.29) is 18.1 Å². The lowest BCUT2D eigenvalue weighted by atomic mass is 10.1. The van der Waals surface area contributed by atoms with Gasteiger partial charge in [0.05, 0.1) is 6.42 Å². The van der Waals surface area contributed by atoms with Gasteiger partial charge < -0.3 is 11.1 Å². The Hall–Kier alpha value is -2.20. The van der Waals surface area contributed by atoms with Gasteiger partial charge in [-0.2, -0.15) is 0 Å². The highest BCUT2D eigenvalue weighted by Gasteiger charge is 2.07. The average molecular weight is 272 g/mol. The fourth-order valence-corrected chi connectivity index (χ4v) is 1.96.